The van der Waals surface area contributed by atoms with Crippen LogP contribution >= 0.6 is 23.5 Å². The van der Waals surface area contributed by atoms with Crippen LogP contribution in [0.5, 0.6) is 0 Å². The number of hydrogen-bond donors (Lipinski definition) is 2. The summed E-state index contributed by atoms with van der Waals surface area (Å²) in [5.41, 5.74) is 4.47. The number of aliphatic hydroxyl groups excluding tert-OH is 1. The van der Waals surface area contributed by atoms with E-state index in [1.54, 1.807) is 23.6 Å². The van der Waals surface area contributed by atoms with Crippen LogP contribution in [0.3, 0.4) is 0 Å². The molecule has 2 N–H and O–H groups in total. The van der Waals surface area contributed by atoms with Gasteiger partial charge in [0.05, 0.1) is 34.7 Å². The van der Waals surface area contributed by atoms with Gasteiger partial charge in [-0.2, -0.15) is 0 Å². The number of rotatable bonds is 6. The highest BCUT2D eigenvalue weighted by Crippen LogP contribution is 2.50. The predicted octanol–water partition coefficient (Wildman–Crippen LogP) is 6.35. The Kier molecular flexibility index (Phi) is 7.09. The van der Waals surface area contributed by atoms with Gasteiger partial charge in [0, 0.05) is 18.5 Å². The van der Waals surface area contributed by atoms with Gasteiger partial charge in [0.1, 0.15) is 4.91 Å². The van der Waals surface area contributed by atoms with Crippen molar-refractivity contribution in [1.29, 1.82) is 0 Å². The van der Waals surface area contributed by atoms with Crippen molar-refractivity contribution in [3.8, 4) is 0 Å². The molecule has 1 saturated heterocycles. The van der Waals surface area contributed by atoms with Crippen LogP contribution in [0.15, 0.2) is 92.6 Å². The minimum absolute atomic E-state index is 0.0542. The third kappa shape index (κ3) is 4.76. The number of nitrogens with zero attached hydrogens (tertiary/aromatic N) is 3. The number of anilines is 2. The van der Waals surface area contributed by atoms with Crippen molar-refractivity contribution in [3.63, 3.8) is 0 Å². The molecule has 1 unspecified atom stereocenters. The number of benzene rings is 3. The largest absolute Gasteiger partial charge is 0.389 e. The van der Waals surface area contributed by atoms with Gasteiger partial charge in [-0.3, -0.25) is 9.69 Å². The summed E-state index contributed by atoms with van der Waals surface area (Å²) in [6, 6.07) is 23.9. The van der Waals surface area contributed by atoms with Gasteiger partial charge < -0.3 is 15.3 Å². The second-order valence-electron chi connectivity index (χ2n) is 8.62. The first-order valence-electron chi connectivity index (χ1n) is 11.9. The third-order valence-corrected chi connectivity index (χ3v) is 8.50. The van der Waals surface area contributed by atoms with Gasteiger partial charge >= 0.3 is 0 Å². The summed E-state index contributed by atoms with van der Waals surface area (Å²) in [5.74, 6) is -0.0542. The Balaban J connectivity index is 1.59. The second kappa shape index (κ2) is 10.4. The van der Waals surface area contributed by atoms with Crippen LogP contribution in [0, 0.1) is 0 Å². The predicted molar refractivity (Wildman–Crippen MR) is 151 cm³/mol. The molecule has 0 radical (unpaired) electrons. The Morgan fingerprint density at radius 2 is 1.78 bits per heavy atom. The van der Waals surface area contributed by atoms with Gasteiger partial charge in [0.2, 0.25) is 0 Å². The van der Waals surface area contributed by atoms with Gasteiger partial charge in [0.15, 0.2) is 5.17 Å². The van der Waals surface area contributed by atoms with Crippen molar-refractivity contribution in [3.05, 3.63) is 93.9 Å². The highest BCUT2D eigenvalue weighted by molar-refractivity contribution is 8.19. The van der Waals surface area contributed by atoms with E-state index in [-0.39, 0.29) is 5.91 Å². The highest BCUT2D eigenvalue weighted by atomic mass is 32.2. The fourth-order valence-corrected chi connectivity index (χ4v) is 6.50. The number of aliphatic imine (C=N–C) groups is 1. The van der Waals surface area contributed by atoms with Gasteiger partial charge in [0.25, 0.3) is 5.91 Å². The maximum Gasteiger partial charge on any atom is 0.269 e. The molecule has 0 bridgehead atoms. The summed E-state index contributed by atoms with van der Waals surface area (Å²) >= 11 is 3.02. The molecule has 3 aromatic carbocycles. The lowest BCUT2D eigenvalue weighted by molar-refractivity contribution is -0.122. The van der Waals surface area contributed by atoms with Crippen LogP contribution < -0.4 is 10.2 Å². The smallest absolute Gasteiger partial charge is 0.269 e. The average Bonchev–Trinajstić information content (AvgIpc) is 3.37. The zero-order chi connectivity index (χ0) is 25.2. The van der Waals surface area contributed by atoms with Crippen molar-refractivity contribution >= 4 is 51.7 Å². The molecule has 0 aliphatic carbocycles. The molecule has 0 spiro atoms. The Morgan fingerprint density at radius 3 is 2.50 bits per heavy atom. The van der Waals surface area contributed by atoms with Crippen LogP contribution in [0.2, 0.25) is 0 Å². The molecule has 1 amide bonds. The maximum atomic E-state index is 13.9. The normalized spacial score (nSPS) is 19.2. The van der Waals surface area contributed by atoms with Crippen LogP contribution in [-0.4, -0.2) is 34.7 Å². The molecule has 2 aliphatic rings. The molecule has 2 aliphatic heterocycles. The summed E-state index contributed by atoms with van der Waals surface area (Å²) in [6.45, 7) is 4.93. The number of fused-ring (bicyclic) bond motifs is 1. The number of thioether (sulfide) groups is 2. The topological polar surface area (TPSA) is 68.2 Å². The molecule has 0 saturated carbocycles. The molecule has 5 rings (SSSR count). The maximum absolute atomic E-state index is 13.9. The van der Waals surface area contributed by atoms with Crippen LogP contribution in [0.1, 0.15) is 31.1 Å². The Hall–Kier alpha value is -3.20. The number of carbonyl (C=O) groups excluding carboxylic acids is 1. The number of carbonyl (C=O) groups is 1. The standard InChI is InChI=1S/C28H28N4O2S2/c1-4-29-21-15-14-20(18(2)33)16-22(21)30-28-32(17-19-10-6-5-7-11-19)26(34)25(36-28)27-31(3)23-12-8-9-13-24(23)35-27/h5-16,18,29,33H,4,17H2,1-3H3. The average molecular weight is 517 g/mol. The number of para-hydroxylation sites is 1. The first-order chi connectivity index (χ1) is 17.5. The summed E-state index contributed by atoms with van der Waals surface area (Å²) in [6.07, 6.45) is -0.613. The van der Waals surface area contributed by atoms with E-state index in [0.29, 0.717) is 22.3 Å². The molecule has 6 nitrogen and oxygen atoms in total. The zero-order valence-corrected chi connectivity index (χ0v) is 22.1. The molecule has 0 aromatic heterocycles. The molecule has 184 valence electrons. The first kappa shape index (κ1) is 24.5. The monoisotopic (exact) mass is 516 g/mol. The number of nitrogens with one attached hydrogen (secondary N) is 1. The first-order valence-corrected chi connectivity index (χ1v) is 13.5. The van der Waals surface area contributed by atoms with E-state index in [4.69, 9.17) is 4.99 Å². The quantitative estimate of drug-likeness (QED) is 0.372. The summed E-state index contributed by atoms with van der Waals surface area (Å²) in [5, 5.41) is 15.1. The van der Waals surface area contributed by atoms with Crippen molar-refractivity contribution in [2.24, 2.45) is 4.99 Å². The molecule has 1 atom stereocenters. The van der Waals surface area contributed by atoms with E-state index in [2.05, 4.69) is 22.3 Å². The number of hydrogen-bond acceptors (Lipinski definition) is 7. The van der Waals surface area contributed by atoms with Crippen molar-refractivity contribution in [2.75, 3.05) is 23.8 Å². The molecular weight excluding hydrogens is 488 g/mol. The molecule has 3 aromatic rings. The summed E-state index contributed by atoms with van der Waals surface area (Å²) in [4.78, 5) is 24.5. The van der Waals surface area contributed by atoms with Crippen molar-refractivity contribution in [2.45, 2.75) is 31.4 Å². The van der Waals surface area contributed by atoms with E-state index in [9.17, 15) is 9.90 Å². The number of amides is 1. The van der Waals surface area contributed by atoms with E-state index >= 15 is 0 Å². The minimum atomic E-state index is -0.613. The van der Waals surface area contributed by atoms with Crippen LogP contribution in [0.25, 0.3) is 0 Å². The fourth-order valence-electron chi connectivity index (χ4n) is 4.17. The second-order valence-corrected chi connectivity index (χ2v) is 10.6. The highest BCUT2D eigenvalue weighted by Gasteiger charge is 2.39. The SMILES string of the molecule is CCNc1ccc(C(C)O)cc1N=C1SC(=C2Sc3ccccc3N2C)C(=O)N1Cc1ccccc1. The molecule has 36 heavy (non-hydrogen) atoms. The Labute approximate surface area is 220 Å². The van der Waals surface area contributed by atoms with E-state index < -0.39 is 6.10 Å². The van der Waals surface area contributed by atoms with Crippen molar-refractivity contribution < 1.29 is 9.90 Å². The van der Waals surface area contributed by atoms with Gasteiger partial charge in [-0.25, -0.2) is 4.99 Å². The van der Waals surface area contributed by atoms with Crippen LogP contribution in [0.4, 0.5) is 17.1 Å². The number of amidine groups is 1. The Bertz CT molecular complexity index is 1350. The Morgan fingerprint density at radius 1 is 1.03 bits per heavy atom. The minimum Gasteiger partial charge on any atom is -0.389 e. The van der Waals surface area contributed by atoms with Gasteiger partial charge in [-0.15, -0.1) is 0 Å². The molecular formula is C28H28N4O2S2. The number of aliphatic hydroxyl groups is 1. The van der Waals surface area contributed by atoms with Crippen LogP contribution in [-0.2, 0) is 11.3 Å². The molecule has 2 heterocycles. The summed E-state index contributed by atoms with van der Waals surface area (Å²) < 4.78 is 0. The van der Waals surface area contributed by atoms with E-state index in [1.807, 2.05) is 74.6 Å². The summed E-state index contributed by atoms with van der Waals surface area (Å²) in [7, 11) is 2.00. The van der Waals surface area contributed by atoms with E-state index in [1.165, 1.54) is 11.8 Å². The molecule has 1 fully saturated rings. The van der Waals surface area contributed by atoms with E-state index in [0.717, 1.165) is 39.0 Å². The zero-order valence-electron chi connectivity index (χ0n) is 20.4. The van der Waals surface area contributed by atoms with Gasteiger partial charge in [-0.05, 0) is 61.0 Å². The lowest BCUT2D eigenvalue weighted by atomic mass is 10.1. The molecule has 8 heteroatoms. The lowest BCUT2D eigenvalue weighted by Gasteiger charge is -2.17. The van der Waals surface area contributed by atoms with Crippen molar-refractivity contribution in [1.82, 2.24) is 4.90 Å². The third-order valence-electron chi connectivity index (χ3n) is 6.07. The lowest BCUT2D eigenvalue weighted by Crippen LogP contribution is -2.29. The fraction of sp³-hybridized carbons (Fsp3) is 0.214. The van der Waals surface area contributed by atoms with Gasteiger partial charge in [-0.1, -0.05) is 60.3 Å².